The molecule has 0 bridgehead atoms. The topological polar surface area (TPSA) is 38.5 Å². The number of nitrogens with two attached hydrogens (primary N) is 1. The molecule has 1 saturated heterocycles. The largest absolute Gasteiger partial charge is 0.379 e. The van der Waals surface area contributed by atoms with Crippen LogP contribution in [0.2, 0.25) is 5.02 Å². The van der Waals surface area contributed by atoms with Gasteiger partial charge in [-0.25, -0.2) is 0 Å². The van der Waals surface area contributed by atoms with Crippen LogP contribution in [0.4, 0.5) is 0 Å². The molecule has 0 radical (unpaired) electrons. The second kappa shape index (κ2) is 5.57. The number of likely N-dealkylation sites (N-methyl/N-ethyl adjacent to an activating group) is 1. The Labute approximate surface area is 114 Å². The lowest BCUT2D eigenvalue weighted by Gasteiger charge is -2.33. The highest BCUT2D eigenvalue weighted by atomic mass is 35.5. The van der Waals surface area contributed by atoms with Gasteiger partial charge in [-0.05, 0) is 32.0 Å². The molecule has 2 atom stereocenters. The molecule has 100 valence electrons. The molecule has 4 heteroatoms. The van der Waals surface area contributed by atoms with Crippen molar-refractivity contribution >= 4 is 11.6 Å². The molecular formula is C14H21ClN2O. The van der Waals surface area contributed by atoms with Gasteiger partial charge in [0.15, 0.2) is 0 Å². The average molecular weight is 269 g/mol. The number of hydrogen-bond acceptors (Lipinski definition) is 3. The van der Waals surface area contributed by atoms with E-state index in [4.69, 9.17) is 22.1 Å². The SMILES string of the molecule is CC(c1ccccc1Cl)N(C)CC1(N)CCOC1. The van der Waals surface area contributed by atoms with Crippen LogP contribution in [0.5, 0.6) is 0 Å². The molecule has 1 aromatic rings. The van der Waals surface area contributed by atoms with Gasteiger partial charge in [0, 0.05) is 24.2 Å². The van der Waals surface area contributed by atoms with Crippen LogP contribution >= 0.6 is 11.6 Å². The summed E-state index contributed by atoms with van der Waals surface area (Å²) in [6.45, 7) is 4.39. The van der Waals surface area contributed by atoms with Crippen LogP contribution in [0, 0.1) is 0 Å². The molecule has 0 aromatic heterocycles. The Hall–Kier alpha value is -0.610. The van der Waals surface area contributed by atoms with E-state index >= 15 is 0 Å². The number of rotatable bonds is 4. The van der Waals surface area contributed by atoms with Gasteiger partial charge < -0.3 is 10.5 Å². The van der Waals surface area contributed by atoms with Crippen molar-refractivity contribution in [3.8, 4) is 0 Å². The lowest BCUT2D eigenvalue weighted by Crippen LogP contribution is -2.50. The van der Waals surface area contributed by atoms with Crippen molar-refractivity contribution < 1.29 is 4.74 Å². The summed E-state index contributed by atoms with van der Waals surface area (Å²) < 4.78 is 5.39. The fraction of sp³-hybridized carbons (Fsp3) is 0.571. The van der Waals surface area contributed by atoms with Crippen LogP contribution in [-0.4, -0.2) is 37.2 Å². The van der Waals surface area contributed by atoms with E-state index in [9.17, 15) is 0 Å². The maximum Gasteiger partial charge on any atom is 0.0659 e. The average Bonchev–Trinajstić information content (AvgIpc) is 2.75. The predicted molar refractivity (Wildman–Crippen MR) is 74.9 cm³/mol. The summed E-state index contributed by atoms with van der Waals surface area (Å²) in [5.74, 6) is 0. The lowest BCUT2D eigenvalue weighted by molar-refractivity contribution is 0.149. The molecule has 18 heavy (non-hydrogen) atoms. The van der Waals surface area contributed by atoms with Gasteiger partial charge >= 0.3 is 0 Å². The summed E-state index contributed by atoms with van der Waals surface area (Å²) in [4.78, 5) is 2.25. The van der Waals surface area contributed by atoms with Crippen LogP contribution in [0.15, 0.2) is 24.3 Å². The molecule has 0 saturated carbocycles. The Kier molecular flexibility index (Phi) is 4.28. The fourth-order valence-corrected chi connectivity index (χ4v) is 2.73. The maximum atomic E-state index is 6.31. The van der Waals surface area contributed by atoms with Crippen LogP contribution in [-0.2, 0) is 4.74 Å². The quantitative estimate of drug-likeness (QED) is 0.912. The van der Waals surface area contributed by atoms with Crippen LogP contribution < -0.4 is 5.73 Å². The first kappa shape index (κ1) is 13.8. The first-order chi connectivity index (χ1) is 8.52. The van der Waals surface area contributed by atoms with Gasteiger partial charge in [-0.1, -0.05) is 29.8 Å². The normalized spacial score (nSPS) is 25.6. The maximum absolute atomic E-state index is 6.31. The molecule has 3 nitrogen and oxygen atoms in total. The number of benzene rings is 1. The minimum absolute atomic E-state index is 0.218. The van der Waals surface area contributed by atoms with Crippen LogP contribution in [0.25, 0.3) is 0 Å². The highest BCUT2D eigenvalue weighted by molar-refractivity contribution is 6.31. The zero-order valence-corrected chi connectivity index (χ0v) is 11.8. The van der Waals surface area contributed by atoms with Gasteiger partial charge in [0.2, 0.25) is 0 Å². The molecule has 2 rings (SSSR count). The van der Waals surface area contributed by atoms with Crippen molar-refractivity contribution in [3.63, 3.8) is 0 Å². The van der Waals surface area contributed by atoms with Crippen molar-refractivity contribution in [2.75, 3.05) is 26.8 Å². The molecule has 1 aliphatic heterocycles. The minimum Gasteiger partial charge on any atom is -0.379 e. The summed E-state index contributed by atoms with van der Waals surface area (Å²) in [5.41, 5.74) is 7.24. The highest BCUT2D eigenvalue weighted by Gasteiger charge is 2.32. The first-order valence-electron chi connectivity index (χ1n) is 6.33. The van der Waals surface area contributed by atoms with Gasteiger partial charge in [-0.2, -0.15) is 0 Å². The summed E-state index contributed by atoms with van der Waals surface area (Å²) in [5, 5.41) is 0.811. The minimum atomic E-state index is -0.218. The van der Waals surface area contributed by atoms with Gasteiger partial charge in [-0.15, -0.1) is 0 Å². The van der Waals surface area contributed by atoms with Gasteiger partial charge in [-0.3, -0.25) is 4.90 Å². The highest BCUT2D eigenvalue weighted by Crippen LogP contribution is 2.28. The molecular weight excluding hydrogens is 248 g/mol. The van der Waals surface area contributed by atoms with E-state index in [1.165, 1.54) is 0 Å². The van der Waals surface area contributed by atoms with Crippen molar-refractivity contribution in [3.05, 3.63) is 34.9 Å². The monoisotopic (exact) mass is 268 g/mol. The van der Waals surface area contributed by atoms with Gasteiger partial charge in [0.05, 0.1) is 12.1 Å². The van der Waals surface area contributed by atoms with Gasteiger partial charge in [0.1, 0.15) is 0 Å². The fourth-order valence-electron chi connectivity index (χ4n) is 2.43. The number of ether oxygens (including phenoxy) is 1. The Bertz CT molecular complexity index is 405. The third kappa shape index (κ3) is 3.04. The molecule has 1 aromatic carbocycles. The number of halogens is 1. The van der Waals surface area contributed by atoms with E-state index in [0.717, 1.165) is 30.2 Å². The van der Waals surface area contributed by atoms with Gasteiger partial charge in [0.25, 0.3) is 0 Å². The summed E-state index contributed by atoms with van der Waals surface area (Å²) in [6.07, 6.45) is 0.923. The van der Waals surface area contributed by atoms with Crippen molar-refractivity contribution in [2.45, 2.75) is 24.9 Å². The molecule has 2 N–H and O–H groups in total. The van der Waals surface area contributed by atoms with Crippen molar-refractivity contribution in [1.29, 1.82) is 0 Å². The van der Waals surface area contributed by atoms with E-state index in [-0.39, 0.29) is 11.6 Å². The molecule has 1 aliphatic rings. The number of hydrogen-bond donors (Lipinski definition) is 1. The van der Waals surface area contributed by atoms with Crippen molar-refractivity contribution in [1.82, 2.24) is 4.90 Å². The zero-order valence-electron chi connectivity index (χ0n) is 11.0. The number of nitrogens with zero attached hydrogens (tertiary/aromatic N) is 1. The van der Waals surface area contributed by atoms with Crippen LogP contribution in [0.1, 0.15) is 24.9 Å². The second-order valence-corrected chi connectivity index (χ2v) is 5.68. The van der Waals surface area contributed by atoms with E-state index in [2.05, 4.69) is 24.9 Å². The summed E-state index contributed by atoms with van der Waals surface area (Å²) in [7, 11) is 2.08. The van der Waals surface area contributed by atoms with E-state index < -0.39 is 0 Å². The standard InChI is InChI=1S/C14H21ClN2O/c1-11(12-5-3-4-6-13(12)15)17(2)9-14(16)7-8-18-10-14/h3-6,11H,7-10,16H2,1-2H3. The van der Waals surface area contributed by atoms with E-state index in [0.29, 0.717) is 6.61 Å². The summed E-state index contributed by atoms with van der Waals surface area (Å²) >= 11 is 6.23. The molecule has 0 spiro atoms. The molecule has 0 amide bonds. The molecule has 0 aliphatic carbocycles. The van der Waals surface area contributed by atoms with E-state index in [1.54, 1.807) is 0 Å². The Morgan fingerprint density at radius 2 is 2.22 bits per heavy atom. The lowest BCUT2D eigenvalue weighted by atomic mass is 9.98. The third-order valence-corrected chi connectivity index (χ3v) is 4.06. The molecule has 2 unspecified atom stereocenters. The Morgan fingerprint density at radius 3 is 2.83 bits per heavy atom. The Balaban J connectivity index is 2.05. The second-order valence-electron chi connectivity index (χ2n) is 5.28. The smallest absolute Gasteiger partial charge is 0.0659 e. The molecule has 1 heterocycles. The van der Waals surface area contributed by atoms with Crippen LogP contribution in [0.3, 0.4) is 0 Å². The zero-order chi connectivity index (χ0) is 13.2. The summed E-state index contributed by atoms with van der Waals surface area (Å²) in [6, 6.07) is 8.21. The Morgan fingerprint density at radius 1 is 1.50 bits per heavy atom. The predicted octanol–water partition coefficient (Wildman–Crippen LogP) is 2.45. The first-order valence-corrected chi connectivity index (χ1v) is 6.71. The van der Waals surface area contributed by atoms with Crippen molar-refractivity contribution in [2.24, 2.45) is 5.73 Å². The molecule has 1 fully saturated rings. The van der Waals surface area contributed by atoms with E-state index in [1.807, 2.05) is 18.2 Å². The third-order valence-electron chi connectivity index (χ3n) is 3.71.